The molecule has 7 heteroatoms. The molecule has 0 aromatic carbocycles. The van der Waals surface area contributed by atoms with Gasteiger partial charge in [0, 0.05) is 38.2 Å². The number of carbonyl (C=O) groups is 1. The van der Waals surface area contributed by atoms with E-state index in [2.05, 4.69) is 29.1 Å². The van der Waals surface area contributed by atoms with Gasteiger partial charge in [0.05, 0.1) is 12.6 Å². The molecule has 2 aromatic heterocycles. The Kier molecular flexibility index (Phi) is 4.09. The average Bonchev–Trinajstić information content (AvgIpc) is 3.00. The molecule has 1 amide bonds. The quantitative estimate of drug-likeness (QED) is 0.899. The van der Waals surface area contributed by atoms with E-state index < -0.39 is 0 Å². The second-order valence-electron chi connectivity index (χ2n) is 7.84. The monoisotopic (exact) mass is 342 g/mol. The van der Waals surface area contributed by atoms with Crippen LogP contribution in [-0.2, 0) is 18.3 Å². The summed E-state index contributed by atoms with van der Waals surface area (Å²) in [5.74, 6) is 3.84. The van der Waals surface area contributed by atoms with Crippen LogP contribution >= 0.6 is 0 Å². The molecular formula is C18H26N6O. The molecule has 2 atom stereocenters. The molecule has 0 bridgehead atoms. The van der Waals surface area contributed by atoms with E-state index in [0.29, 0.717) is 18.3 Å². The second-order valence-corrected chi connectivity index (χ2v) is 7.84. The van der Waals surface area contributed by atoms with Gasteiger partial charge in [0.1, 0.15) is 5.82 Å². The number of hydrogen-bond acceptors (Lipinski definition) is 4. The smallest absolute Gasteiger partial charge is 0.227 e. The number of rotatable bonds is 5. The first-order valence-corrected chi connectivity index (χ1v) is 9.18. The third-order valence-corrected chi connectivity index (χ3v) is 5.45. The summed E-state index contributed by atoms with van der Waals surface area (Å²) < 4.78 is 1.74. The van der Waals surface area contributed by atoms with Gasteiger partial charge < -0.3 is 4.90 Å². The minimum atomic E-state index is 0.185. The minimum Gasteiger partial charge on any atom is -0.341 e. The van der Waals surface area contributed by atoms with Crippen molar-refractivity contribution in [2.45, 2.75) is 44.9 Å². The van der Waals surface area contributed by atoms with Gasteiger partial charge in [0.15, 0.2) is 5.82 Å². The number of amides is 1. The molecule has 25 heavy (non-hydrogen) atoms. The molecule has 0 radical (unpaired) electrons. The van der Waals surface area contributed by atoms with E-state index in [4.69, 9.17) is 4.98 Å². The molecule has 134 valence electrons. The maximum atomic E-state index is 12.7. The maximum Gasteiger partial charge on any atom is 0.227 e. The number of nitrogens with zero attached hydrogens (tertiary/aromatic N) is 5. The second kappa shape index (κ2) is 6.28. The fourth-order valence-electron chi connectivity index (χ4n) is 3.89. The van der Waals surface area contributed by atoms with E-state index in [1.807, 2.05) is 18.1 Å². The van der Waals surface area contributed by atoms with Crippen molar-refractivity contribution in [3.05, 3.63) is 29.6 Å². The summed E-state index contributed by atoms with van der Waals surface area (Å²) in [5, 5.41) is 11.7. The maximum absolute atomic E-state index is 12.7. The van der Waals surface area contributed by atoms with E-state index >= 15 is 0 Å². The third-order valence-electron chi connectivity index (χ3n) is 5.45. The average molecular weight is 342 g/mol. The number of aromatic nitrogens is 5. The van der Waals surface area contributed by atoms with Crippen molar-refractivity contribution in [1.82, 2.24) is 29.9 Å². The Morgan fingerprint density at radius 1 is 1.36 bits per heavy atom. The zero-order chi connectivity index (χ0) is 17.6. The number of carbonyl (C=O) groups excluding carboxylic acids is 1. The predicted octanol–water partition coefficient (Wildman–Crippen LogP) is 1.86. The molecule has 0 unspecified atom stereocenters. The predicted molar refractivity (Wildman–Crippen MR) is 92.9 cm³/mol. The molecule has 7 nitrogen and oxygen atoms in total. The standard InChI is InChI=1S/C18H26N6O/c1-11(2)17-20-18(22-21-17)15-10-24(9-14(15)13-4-5-13)16(25)6-12-7-19-23(3)8-12/h7-8,11,13-15H,4-6,9-10H2,1-3H3,(H,20,21,22)/t14-,15+/m1/s1. The van der Waals surface area contributed by atoms with Crippen LogP contribution < -0.4 is 0 Å². The molecule has 1 aliphatic carbocycles. The zero-order valence-corrected chi connectivity index (χ0v) is 15.1. The van der Waals surface area contributed by atoms with Crippen molar-refractivity contribution in [2.75, 3.05) is 13.1 Å². The van der Waals surface area contributed by atoms with Crippen LogP contribution in [0.1, 0.15) is 55.7 Å². The van der Waals surface area contributed by atoms with Crippen LogP contribution in [-0.4, -0.2) is 48.9 Å². The summed E-state index contributed by atoms with van der Waals surface area (Å²) >= 11 is 0. The van der Waals surface area contributed by atoms with Crippen LogP contribution in [0, 0.1) is 11.8 Å². The van der Waals surface area contributed by atoms with Gasteiger partial charge in [-0.15, -0.1) is 0 Å². The number of aryl methyl sites for hydroxylation is 1. The van der Waals surface area contributed by atoms with Crippen molar-refractivity contribution in [3.63, 3.8) is 0 Å². The van der Waals surface area contributed by atoms with Gasteiger partial charge >= 0.3 is 0 Å². The minimum absolute atomic E-state index is 0.185. The van der Waals surface area contributed by atoms with E-state index in [-0.39, 0.29) is 11.8 Å². The van der Waals surface area contributed by atoms with Crippen LogP contribution in [0.25, 0.3) is 0 Å². The van der Waals surface area contributed by atoms with Crippen molar-refractivity contribution >= 4 is 5.91 Å². The third kappa shape index (κ3) is 3.32. The highest BCUT2D eigenvalue weighted by Gasteiger charge is 2.45. The summed E-state index contributed by atoms with van der Waals surface area (Å²) in [6.07, 6.45) is 6.66. The zero-order valence-electron chi connectivity index (χ0n) is 15.1. The van der Waals surface area contributed by atoms with Crippen LogP contribution in [0.15, 0.2) is 12.4 Å². The van der Waals surface area contributed by atoms with Gasteiger partial charge in [0.2, 0.25) is 5.91 Å². The first-order chi connectivity index (χ1) is 12.0. The van der Waals surface area contributed by atoms with Crippen LogP contribution in [0.3, 0.4) is 0 Å². The highest BCUT2D eigenvalue weighted by molar-refractivity contribution is 5.79. The molecule has 2 fully saturated rings. The van der Waals surface area contributed by atoms with Crippen molar-refractivity contribution < 1.29 is 4.79 Å². The topological polar surface area (TPSA) is 79.7 Å². The van der Waals surface area contributed by atoms with Gasteiger partial charge in [-0.05, 0) is 30.2 Å². The highest BCUT2D eigenvalue weighted by Crippen LogP contribution is 2.47. The number of nitrogens with one attached hydrogen (secondary N) is 1. The Morgan fingerprint density at radius 2 is 2.16 bits per heavy atom. The Bertz CT molecular complexity index is 759. The van der Waals surface area contributed by atoms with Gasteiger partial charge in [0.25, 0.3) is 0 Å². The van der Waals surface area contributed by atoms with Crippen molar-refractivity contribution in [2.24, 2.45) is 18.9 Å². The first kappa shape index (κ1) is 16.3. The number of hydrogen-bond donors (Lipinski definition) is 1. The van der Waals surface area contributed by atoms with Gasteiger partial charge in [-0.1, -0.05) is 13.8 Å². The summed E-state index contributed by atoms with van der Waals surface area (Å²) in [5.41, 5.74) is 0.973. The van der Waals surface area contributed by atoms with Gasteiger partial charge in [-0.25, -0.2) is 4.98 Å². The Balaban J connectivity index is 1.49. The fourth-order valence-corrected chi connectivity index (χ4v) is 3.89. The summed E-state index contributed by atoms with van der Waals surface area (Å²) in [7, 11) is 1.87. The van der Waals surface area contributed by atoms with E-state index in [1.165, 1.54) is 12.8 Å². The Labute approximate surface area is 147 Å². The Morgan fingerprint density at radius 3 is 2.76 bits per heavy atom. The summed E-state index contributed by atoms with van der Waals surface area (Å²) in [4.78, 5) is 19.5. The summed E-state index contributed by atoms with van der Waals surface area (Å²) in [6.45, 7) is 5.78. The number of likely N-dealkylation sites (tertiary alicyclic amines) is 1. The lowest BCUT2D eigenvalue weighted by atomic mass is 9.91. The number of H-pyrrole nitrogens is 1. The van der Waals surface area contributed by atoms with Crippen LogP contribution in [0.4, 0.5) is 0 Å². The molecule has 4 rings (SSSR count). The van der Waals surface area contributed by atoms with Gasteiger partial charge in [-0.3, -0.25) is 14.6 Å². The highest BCUT2D eigenvalue weighted by atomic mass is 16.2. The fraction of sp³-hybridized carbons (Fsp3) is 0.667. The van der Waals surface area contributed by atoms with Crippen molar-refractivity contribution in [3.8, 4) is 0 Å². The first-order valence-electron chi connectivity index (χ1n) is 9.18. The lowest BCUT2D eigenvalue weighted by molar-refractivity contribution is -0.129. The van der Waals surface area contributed by atoms with E-state index in [9.17, 15) is 4.79 Å². The molecule has 1 saturated heterocycles. The number of aromatic amines is 1. The van der Waals surface area contributed by atoms with Gasteiger partial charge in [-0.2, -0.15) is 10.2 Å². The SMILES string of the molecule is CC(C)c1n[nH]c([C@H]2CN(C(=O)Cc3cnn(C)c3)C[C@@H]2C2CC2)n1. The molecule has 2 aromatic rings. The van der Waals surface area contributed by atoms with Crippen LogP contribution in [0.5, 0.6) is 0 Å². The Hall–Kier alpha value is -2.18. The molecule has 0 spiro atoms. The molecule has 1 N–H and O–H groups in total. The lowest BCUT2D eigenvalue weighted by Gasteiger charge is -2.15. The molecule has 3 heterocycles. The largest absolute Gasteiger partial charge is 0.341 e. The molecule has 1 saturated carbocycles. The van der Waals surface area contributed by atoms with E-state index in [1.54, 1.807) is 10.9 Å². The normalized spacial score (nSPS) is 23.6. The summed E-state index contributed by atoms with van der Waals surface area (Å²) in [6, 6.07) is 0. The molecule has 2 aliphatic rings. The van der Waals surface area contributed by atoms with Crippen LogP contribution in [0.2, 0.25) is 0 Å². The lowest BCUT2D eigenvalue weighted by Crippen LogP contribution is -2.30. The molecular weight excluding hydrogens is 316 g/mol. The molecule has 1 aliphatic heterocycles. The van der Waals surface area contributed by atoms with Crippen molar-refractivity contribution in [1.29, 1.82) is 0 Å². The van der Waals surface area contributed by atoms with E-state index in [0.717, 1.165) is 36.2 Å².